The number of rotatable bonds is 6. The Hall–Kier alpha value is -3.13. The average Bonchev–Trinajstić information content (AvgIpc) is 3.39. The highest BCUT2D eigenvalue weighted by atomic mass is 35.5. The number of benzene rings is 2. The molecule has 0 spiro atoms. The van der Waals surface area contributed by atoms with Crippen molar-refractivity contribution in [1.82, 2.24) is 20.6 Å². The van der Waals surface area contributed by atoms with Crippen LogP contribution in [0.15, 0.2) is 47.6 Å². The first-order valence-corrected chi connectivity index (χ1v) is 8.62. The summed E-state index contributed by atoms with van der Waals surface area (Å²) in [5, 5.41) is 18.5. The van der Waals surface area contributed by atoms with Crippen LogP contribution in [0.4, 0.5) is 0 Å². The lowest BCUT2D eigenvalue weighted by Crippen LogP contribution is -2.04. The van der Waals surface area contributed by atoms with Crippen LogP contribution in [0.25, 0.3) is 0 Å². The molecule has 1 unspecified atom stereocenters. The second-order valence-electron chi connectivity index (χ2n) is 5.87. The Bertz CT molecular complexity index is 944. The minimum absolute atomic E-state index is 0.127. The zero-order valence-electron chi connectivity index (χ0n) is 14.4. The molecule has 1 aliphatic rings. The topological polar surface area (TPSA) is 94.5 Å². The number of hydrogen-bond acceptors (Lipinski definition) is 7. The molecular formula is C18H16ClN5O3. The van der Waals surface area contributed by atoms with Gasteiger partial charge in [-0.25, -0.2) is 0 Å². The molecule has 0 amide bonds. The van der Waals surface area contributed by atoms with Gasteiger partial charge in [0.15, 0.2) is 24.2 Å². The maximum absolute atomic E-state index is 5.94. The number of oxime groups is 1. The van der Waals surface area contributed by atoms with Crippen molar-refractivity contribution in [2.75, 3.05) is 7.11 Å². The van der Waals surface area contributed by atoms with Crippen LogP contribution in [-0.2, 0) is 11.4 Å². The van der Waals surface area contributed by atoms with Gasteiger partial charge in [-0.1, -0.05) is 34.1 Å². The van der Waals surface area contributed by atoms with Gasteiger partial charge in [0.1, 0.15) is 0 Å². The summed E-state index contributed by atoms with van der Waals surface area (Å²) in [5.41, 5.74) is 2.79. The number of tetrazole rings is 1. The van der Waals surface area contributed by atoms with Gasteiger partial charge in [-0.2, -0.15) is 5.21 Å². The maximum Gasteiger partial charge on any atom is 0.211 e. The zero-order chi connectivity index (χ0) is 18.6. The van der Waals surface area contributed by atoms with E-state index in [1.54, 1.807) is 7.11 Å². The Balaban J connectivity index is 1.46. The molecule has 4 rings (SSSR count). The predicted octanol–water partition coefficient (Wildman–Crippen LogP) is 3.31. The highest BCUT2D eigenvalue weighted by molar-refractivity contribution is 6.30. The third-order valence-corrected chi connectivity index (χ3v) is 4.41. The van der Waals surface area contributed by atoms with Crippen molar-refractivity contribution < 1.29 is 14.3 Å². The smallest absolute Gasteiger partial charge is 0.211 e. The molecule has 2 aromatic carbocycles. The second kappa shape index (κ2) is 7.63. The SMILES string of the molecule is COc1cc(C2=NOC(c3ccc(Cl)cc3)C2)ccc1OCc1nn[nH]n1. The monoisotopic (exact) mass is 385 g/mol. The largest absolute Gasteiger partial charge is 0.493 e. The quantitative estimate of drug-likeness (QED) is 0.699. The molecule has 0 saturated carbocycles. The number of ether oxygens (including phenoxy) is 2. The molecule has 1 aliphatic heterocycles. The number of nitrogens with zero attached hydrogens (tertiary/aromatic N) is 4. The first-order chi connectivity index (χ1) is 13.2. The van der Waals surface area contributed by atoms with Crippen molar-refractivity contribution in [3.8, 4) is 11.5 Å². The standard InChI is InChI=1S/C18H16ClN5O3/c1-25-17-8-12(4-7-15(17)26-10-18-20-23-24-21-18)14-9-16(27-22-14)11-2-5-13(19)6-3-11/h2-8,16H,9-10H2,1H3,(H,20,21,23,24). The minimum Gasteiger partial charge on any atom is -0.493 e. The summed E-state index contributed by atoms with van der Waals surface area (Å²) >= 11 is 5.94. The van der Waals surface area contributed by atoms with E-state index in [1.165, 1.54) is 0 Å². The zero-order valence-corrected chi connectivity index (χ0v) is 15.2. The molecule has 9 heteroatoms. The Morgan fingerprint density at radius 1 is 1.19 bits per heavy atom. The highest BCUT2D eigenvalue weighted by Crippen LogP contribution is 2.34. The lowest BCUT2D eigenvalue weighted by Gasteiger charge is -2.11. The van der Waals surface area contributed by atoms with E-state index in [9.17, 15) is 0 Å². The van der Waals surface area contributed by atoms with E-state index in [0.717, 1.165) is 16.8 Å². The van der Waals surface area contributed by atoms with E-state index in [4.69, 9.17) is 25.9 Å². The van der Waals surface area contributed by atoms with Crippen molar-refractivity contribution >= 4 is 17.3 Å². The van der Waals surface area contributed by atoms with Crippen molar-refractivity contribution in [3.05, 3.63) is 64.4 Å². The molecule has 1 atom stereocenters. The average molecular weight is 386 g/mol. The Morgan fingerprint density at radius 3 is 2.78 bits per heavy atom. The summed E-state index contributed by atoms with van der Waals surface area (Å²) < 4.78 is 11.1. The molecule has 0 bridgehead atoms. The van der Waals surface area contributed by atoms with Crippen LogP contribution in [0.2, 0.25) is 5.02 Å². The summed E-state index contributed by atoms with van der Waals surface area (Å²) in [5.74, 6) is 1.63. The Morgan fingerprint density at radius 2 is 2.04 bits per heavy atom. The van der Waals surface area contributed by atoms with Crippen LogP contribution in [0.5, 0.6) is 11.5 Å². The van der Waals surface area contributed by atoms with Crippen LogP contribution in [-0.4, -0.2) is 33.4 Å². The molecular weight excluding hydrogens is 370 g/mol. The van der Waals surface area contributed by atoms with Crippen molar-refractivity contribution in [1.29, 1.82) is 0 Å². The normalized spacial score (nSPS) is 15.9. The first-order valence-electron chi connectivity index (χ1n) is 8.24. The van der Waals surface area contributed by atoms with Crippen molar-refractivity contribution in [3.63, 3.8) is 0 Å². The minimum atomic E-state index is -0.127. The molecule has 0 fully saturated rings. The molecule has 1 aromatic heterocycles. The Kier molecular flexibility index (Phi) is 4.88. The van der Waals surface area contributed by atoms with Gasteiger partial charge in [-0.05, 0) is 35.9 Å². The second-order valence-corrected chi connectivity index (χ2v) is 6.31. The summed E-state index contributed by atoms with van der Waals surface area (Å²) in [7, 11) is 1.59. The summed E-state index contributed by atoms with van der Waals surface area (Å²) in [6, 6.07) is 13.2. The number of halogens is 1. The molecule has 0 saturated heterocycles. The summed E-state index contributed by atoms with van der Waals surface area (Å²) in [6.45, 7) is 0.189. The van der Waals surface area contributed by atoms with Gasteiger partial charge in [-0.3, -0.25) is 0 Å². The van der Waals surface area contributed by atoms with Gasteiger partial charge >= 0.3 is 0 Å². The molecule has 27 heavy (non-hydrogen) atoms. The lowest BCUT2D eigenvalue weighted by atomic mass is 10.00. The van der Waals surface area contributed by atoms with Crippen LogP contribution in [0.1, 0.15) is 29.5 Å². The van der Waals surface area contributed by atoms with Gasteiger partial charge in [0.05, 0.1) is 12.8 Å². The van der Waals surface area contributed by atoms with Gasteiger partial charge in [0.2, 0.25) is 5.82 Å². The van der Waals surface area contributed by atoms with Crippen molar-refractivity contribution in [2.45, 2.75) is 19.1 Å². The van der Waals surface area contributed by atoms with Gasteiger partial charge in [-0.15, -0.1) is 10.2 Å². The van der Waals surface area contributed by atoms with E-state index in [2.05, 4.69) is 25.8 Å². The molecule has 1 N–H and O–H groups in total. The van der Waals surface area contributed by atoms with E-state index >= 15 is 0 Å². The van der Waals surface area contributed by atoms with E-state index < -0.39 is 0 Å². The summed E-state index contributed by atoms with van der Waals surface area (Å²) in [4.78, 5) is 5.59. The third-order valence-electron chi connectivity index (χ3n) is 4.15. The molecule has 0 radical (unpaired) electrons. The number of hydrogen-bond donors (Lipinski definition) is 1. The number of nitrogens with one attached hydrogen (secondary N) is 1. The molecule has 138 valence electrons. The number of methoxy groups -OCH3 is 1. The molecule has 8 nitrogen and oxygen atoms in total. The van der Waals surface area contributed by atoms with Crippen LogP contribution < -0.4 is 9.47 Å². The van der Waals surface area contributed by atoms with Gasteiger partial charge in [0, 0.05) is 17.0 Å². The maximum atomic E-state index is 5.94. The fraction of sp³-hybridized carbons (Fsp3) is 0.222. The van der Waals surface area contributed by atoms with Crippen LogP contribution >= 0.6 is 11.6 Å². The third kappa shape index (κ3) is 3.85. The number of aromatic amines is 1. The van der Waals surface area contributed by atoms with Crippen LogP contribution in [0, 0.1) is 0 Å². The van der Waals surface area contributed by atoms with E-state index in [0.29, 0.717) is 28.8 Å². The molecule has 2 heterocycles. The van der Waals surface area contributed by atoms with E-state index in [1.807, 2.05) is 42.5 Å². The number of aromatic nitrogens is 4. The highest BCUT2D eigenvalue weighted by Gasteiger charge is 2.24. The predicted molar refractivity (Wildman–Crippen MR) is 97.9 cm³/mol. The molecule has 0 aliphatic carbocycles. The molecule has 3 aromatic rings. The fourth-order valence-electron chi connectivity index (χ4n) is 2.76. The van der Waals surface area contributed by atoms with Crippen LogP contribution in [0.3, 0.4) is 0 Å². The lowest BCUT2D eigenvalue weighted by molar-refractivity contribution is 0.0857. The van der Waals surface area contributed by atoms with Gasteiger partial charge < -0.3 is 14.3 Å². The first kappa shape index (κ1) is 17.3. The fourth-order valence-corrected chi connectivity index (χ4v) is 2.88. The Labute approximate surface area is 160 Å². The number of H-pyrrole nitrogens is 1. The van der Waals surface area contributed by atoms with E-state index in [-0.39, 0.29) is 12.7 Å². The summed E-state index contributed by atoms with van der Waals surface area (Å²) in [6.07, 6.45) is 0.533. The van der Waals surface area contributed by atoms with Gasteiger partial charge in [0.25, 0.3) is 0 Å². The van der Waals surface area contributed by atoms with Crippen molar-refractivity contribution in [2.24, 2.45) is 5.16 Å².